The van der Waals surface area contributed by atoms with Crippen LogP contribution in [0.5, 0.6) is 5.75 Å². The van der Waals surface area contributed by atoms with Crippen molar-refractivity contribution in [2.45, 2.75) is 46.4 Å². The third-order valence-corrected chi connectivity index (χ3v) is 5.44. The molecule has 1 aromatic carbocycles. The first kappa shape index (κ1) is 18.5. The molecule has 0 aliphatic carbocycles. The molecule has 26 heavy (non-hydrogen) atoms. The zero-order valence-electron chi connectivity index (χ0n) is 15.4. The number of benzene rings is 1. The zero-order chi connectivity index (χ0) is 18.8. The molecule has 0 bridgehead atoms. The highest BCUT2D eigenvalue weighted by Gasteiger charge is 2.25. The lowest BCUT2D eigenvalue weighted by Crippen LogP contribution is -2.44. The van der Waals surface area contributed by atoms with E-state index >= 15 is 0 Å². The first-order valence-corrected chi connectivity index (χ1v) is 9.53. The number of hydrogen-bond donors (Lipinski definition) is 0. The molecular formula is C20H23NO4S. The van der Waals surface area contributed by atoms with E-state index in [4.69, 9.17) is 9.47 Å². The molecule has 138 valence electrons. The molecule has 0 radical (unpaired) electrons. The van der Waals surface area contributed by atoms with Crippen molar-refractivity contribution in [1.82, 2.24) is 4.90 Å². The van der Waals surface area contributed by atoms with Crippen LogP contribution in [0.3, 0.4) is 0 Å². The maximum Gasteiger partial charge on any atom is 0.348 e. The molecule has 0 fully saturated rings. The third-order valence-electron chi connectivity index (χ3n) is 4.25. The van der Waals surface area contributed by atoms with Crippen molar-refractivity contribution in [1.29, 1.82) is 0 Å². The van der Waals surface area contributed by atoms with Gasteiger partial charge in [0.15, 0.2) is 6.61 Å². The van der Waals surface area contributed by atoms with Gasteiger partial charge in [-0.05, 0) is 45.9 Å². The summed E-state index contributed by atoms with van der Waals surface area (Å²) >= 11 is 1.38. The molecule has 3 rings (SSSR count). The van der Waals surface area contributed by atoms with Gasteiger partial charge in [-0.2, -0.15) is 0 Å². The molecule has 0 atom stereocenters. The van der Waals surface area contributed by atoms with Gasteiger partial charge in [0.2, 0.25) is 0 Å². The highest BCUT2D eigenvalue weighted by Crippen LogP contribution is 2.42. The highest BCUT2D eigenvalue weighted by molar-refractivity contribution is 7.17. The van der Waals surface area contributed by atoms with Crippen molar-refractivity contribution >= 4 is 23.2 Å². The minimum Gasteiger partial charge on any atom is -0.488 e. The van der Waals surface area contributed by atoms with E-state index in [9.17, 15) is 9.59 Å². The molecule has 2 heterocycles. The molecule has 2 aromatic rings. The monoisotopic (exact) mass is 373 g/mol. The van der Waals surface area contributed by atoms with Crippen LogP contribution in [0.25, 0.3) is 10.4 Å². The third kappa shape index (κ3) is 3.60. The predicted molar refractivity (Wildman–Crippen MR) is 101 cm³/mol. The summed E-state index contributed by atoms with van der Waals surface area (Å²) in [7, 11) is 0. The van der Waals surface area contributed by atoms with Gasteiger partial charge in [-0.15, -0.1) is 11.3 Å². The Kier molecular flexibility index (Phi) is 5.32. The minimum atomic E-state index is -0.470. The van der Waals surface area contributed by atoms with Crippen LogP contribution in [-0.2, 0) is 16.1 Å². The molecule has 1 aromatic heterocycles. The molecule has 0 spiro atoms. The van der Waals surface area contributed by atoms with E-state index in [0.717, 1.165) is 21.8 Å². The van der Waals surface area contributed by atoms with Crippen molar-refractivity contribution in [3.63, 3.8) is 0 Å². The maximum atomic E-state index is 12.4. The van der Waals surface area contributed by atoms with Crippen LogP contribution in [0.4, 0.5) is 0 Å². The van der Waals surface area contributed by atoms with Crippen LogP contribution in [0.15, 0.2) is 30.3 Å². The Balaban J connectivity index is 1.71. The molecule has 0 unspecified atom stereocenters. The first-order chi connectivity index (χ1) is 12.4. The van der Waals surface area contributed by atoms with Gasteiger partial charge in [0.25, 0.3) is 5.91 Å². The number of nitrogens with zero attached hydrogens (tertiary/aromatic N) is 1. The van der Waals surface area contributed by atoms with E-state index in [1.807, 2.05) is 52.0 Å². The van der Waals surface area contributed by atoms with Crippen molar-refractivity contribution in [3.05, 3.63) is 40.8 Å². The number of amides is 1. The van der Waals surface area contributed by atoms with E-state index in [0.29, 0.717) is 11.5 Å². The van der Waals surface area contributed by atoms with Gasteiger partial charge in [-0.1, -0.05) is 12.1 Å². The number of fused-ring (bicyclic) bond motifs is 3. The molecule has 1 aliphatic heterocycles. The lowest BCUT2D eigenvalue weighted by molar-refractivity contribution is -0.138. The normalized spacial score (nSPS) is 12.4. The molecule has 0 saturated carbocycles. The average Bonchev–Trinajstić information content (AvgIpc) is 3.04. The lowest BCUT2D eigenvalue weighted by atomic mass is 10.1. The van der Waals surface area contributed by atoms with Crippen LogP contribution in [-0.4, -0.2) is 35.5 Å². The number of esters is 1. The van der Waals surface area contributed by atoms with Crippen molar-refractivity contribution in [3.8, 4) is 16.2 Å². The number of rotatable bonds is 5. The van der Waals surface area contributed by atoms with Gasteiger partial charge in [-0.3, -0.25) is 4.79 Å². The Morgan fingerprint density at radius 3 is 2.58 bits per heavy atom. The summed E-state index contributed by atoms with van der Waals surface area (Å²) < 4.78 is 11.0. The summed E-state index contributed by atoms with van der Waals surface area (Å²) in [6.07, 6.45) is 0. The molecule has 6 heteroatoms. The maximum absolute atomic E-state index is 12.4. The quantitative estimate of drug-likeness (QED) is 0.740. The summed E-state index contributed by atoms with van der Waals surface area (Å²) in [5.74, 6) is 0.169. The molecule has 1 aliphatic rings. The molecular weight excluding hydrogens is 350 g/mol. The number of para-hydroxylation sites is 1. The average molecular weight is 373 g/mol. The van der Waals surface area contributed by atoms with Crippen molar-refractivity contribution < 1.29 is 19.1 Å². The Hall–Kier alpha value is -2.34. The fourth-order valence-electron chi connectivity index (χ4n) is 3.25. The standard InChI is InChI=1S/C20H23NO4S/c1-12(2)21(13(3)4)18(22)11-25-20(23)17-9-14-10-24-16-8-6-5-7-15(16)19(14)26-17/h5-9,12-13H,10-11H2,1-4H3. The Bertz CT molecular complexity index is 817. The largest absolute Gasteiger partial charge is 0.488 e. The Labute approximate surface area is 157 Å². The Morgan fingerprint density at radius 1 is 1.19 bits per heavy atom. The molecule has 5 nitrogen and oxygen atoms in total. The van der Waals surface area contributed by atoms with Crippen LogP contribution < -0.4 is 4.74 Å². The molecule has 1 amide bonds. The van der Waals surface area contributed by atoms with E-state index in [1.165, 1.54) is 11.3 Å². The number of carbonyl (C=O) groups excluding carboxylic acids is 2. The van der Waals surface area contributed by atoms with Gasteiger partial charge in [-0.25, -0.2) is 4.79 Å². The topological polar surface area (TPSA) is 55.8 Å². The first-order valence-electron chi connectivity index (χ1n) is 8.71. The fourth-order valence-corrected chi connectivity index (χ4v) is 4.34. The van der Waals surface area contributed by atoms with Gasteiger partial charge in [0, 0.05) is 28.1 Å². The summed E-state index contributed by atoms with van der Waals surface area (Å²) in [6.45, 7) is 7.98. The van der Waals surface area contributed by atoms with Gasteiger partial charge in [0.05, 0.1) is 0 Å². The van der Waals surface area contributed by atoms with Crippen molar-refractivity contribution in [2.24, 2.45) is 0 Å². The number of thiophene rings is 1. The number of ether oxygens (including phenoxy) is 2. The highest BCUT2D eigenvalue weighted by atomic mass is 32.1. The van der Waals surface area contributed by atoms with Gasteiger partial charge < -0.3 is 14.4 Å². The van der Waals surface area contributed by atoms with E-state index in [1.54, 1.807) is 11.0 Å². The van der Waals surface area contributed by atoms with Gasteiger partial charge in [0.1, 0.15) is 17.2 Å². The van der Waals surface area contributed by atoms with Crippen LogP contribution in [0.2, 0.25) is 0 Å². The predicted octanol–water partition coefficient (Wildman–Crippen LogP) is 4.11. The second-order valence-corrected chi connectivity index (χ2v) is 7.87. The summed E-state index contributed by atoms with van der Waals surface area (Å²) in [4.78, 5) is 28.0. The second kappa shape index (κ2) is 7.50. The van der Waals surface area contributed by atoms with Crippen LogP contribution >= 0.6 is 11.3 Å². The minimum absolute atomic E-state index is 0.0592. The smallest absolute Gasteiger partial charge is 0.348 e. The zero-order valence-corrected chi connectivity index (χ0v) is 16.3. The fraction of sp³-hybridized carbons (Fsp3) is 0.400. The summed E-state index contributed by atoms with van der Waals surface area (Å²) in [5.41, 5.74) is 1.96. The van der Waals surface area contributed by atoms with Crippen molar-refractivity contribution in [2.75, 3.05) is 6.61 Å². The van der Waals surface area contributed by atoms with Crippen LogP contribution in [0, 0.1) is 0 Å². The van der Waals surface area contributed by atoms with Gasteiger partial charge >= 0.3 is 5.97 Å². The van der Waals surface area contributed by atoms with E-state index < -0.39 is 5.97 Å². The summed E-state index contributed by atoms with van der Waals surface area (Å²) in [5, 5.41) is 0. The Morgan fingerprint density at radius 2 is 1.88 bits per heavy atom. The van der Waals surface area contributed by atoms with E-state index in [-0.39, 0.29) is 24.6 Å². The van der Waals surface area contributed by atoms with Crippen LogP contribution in [0.1, 0.15) is 42.9 Å². The van der Waals surface area contributed by atoms with E-state index in [2.05, 4.69) is 0 Å². The molecule has 0 saturated heterocycles. The lowest BCUT2D eigenvalue weighted by Gasteiger charge is -2.30. The SMILES string of the molecule is CC(C)N(C(=O)COC(=O)c1cc2c(s1)-c1ccccc1OC2)C(C)C. The summed E-state index contributed by atoms with van der Waals surface area (Å²) in [6, 6.07) is 9.68. The number of carbonyl (C=O) groups is 2. The number of hydrogen-bond acceptors (Lipinski definition) is 5. The molecule has 0 N–H and O–H groups in total. The second-order valence-electron chi connectivity index (χ2n) is 6.81.